The molecule has 1 aromatic rings. The van der Waals surface area contributed by atoms with Crippen molar-refractivity contribution < 1.29 is 17.6 Å². The average molecular weight is 354 g/mol. The molecule has 3 rings (SSSR count). The highest BCUT2D eigenvalue weighted by atomic mass is 32.2. The van der Waals surface area contributed by atoms with Crippen LogP contribution in [0.3, 0.4) is 0 Å². The number of carbonyl (C=O) groups excluding carboxylic acids is 1. The number of sulfonamides is 1. The Hall–Kier alpha value is -1.47. The molecule has 2 aliphatic rings. The van der Waals surface area contributed by atoms with Crippen molar-refractivity contribution in [1.29, 1.82) is 0 Å². The van der Waals surface area contributed by atoms with Crippen LogP contribution in [-0.4, -0.2) is 49.7 Å². The summed E-state index contributed by atoms with van der Waals surface area (Å²) in [5.41, 5.74) is 0.188. The molecule has 0 atom stereocenters. The van der Waals surface area contributed by atoms with Gasteiger partial charge in [0.15, 0.2) is 0 Å². The lowest BCUT2D eigenvalue weighted by atomic mass is 9.97. The van der Waals surface area contributed by atoms with Crippen LogP contribution in [0.15, 0.2) is 24.3 Å². The van der Waals surface area contributed by atoms with Crippen LogP contribution in [0, 0.1) is 11.7 Å². The molecule has 7 heteroatoms. The fraction of sp³-hybridized carbons (Fsp3) is 0.588. The van der Waals surface area contributed by atoms with Gasteiger partial charge in [-0.3, -0.25) is 4.79 Å². The molecule has 0 spiro atoms. The Morgan fingerprint density at radius 1 is 1.08 bits per heavy atom. The second-order valence-electron chi connectivity index (χ2n) is 6.55. The van der Waals surface area contributed by atoms with Crippen LogP contribution < -0.4 is 0 Å². The Morgan fingerprint density at radius 3 is 2.33 bits per heavy atom. The van der Waals surface area contributed by atoms with Crippen molar-refractivity contribution in [3.05, 3.63) is 35.6 Å². The fourth-order valence-electron chi connectivity index (χ4n) is 3.48. The number of nitrogens with zero attached hydrogens (tertiary/aromatic N) is 2. The molecule has 2 fully saturated rings. The van der Waals surface area contributed by atoms with Crippen LogP contribution in [-0.2, 0) is 20.6 Å². The number of benzene rings is 1. The Kier molecular flexibility index (Phi) is 5.20. The SMILES string of the molecule is O=C(C1CCN(S(=O)(=O)Cc2ccccc2F)CC1)N1CCCC1. The van der Waals surface area contributed by atoms with Crippen LogP contribution >= 0.6 is 0 Å². The second kappa shape index (κ2) is 7.19. The molecule has 0 radical (unpaired) electrons. The minimum atomic E-state index is -3.56. The Morgan fingerprint density at radius 2 is 1.71 bits per heavy atom. The third-order valence-electron chi connectivity index (χ3n) is 4.91. The van der Waals surface area contributed by atoms with Crippen molar-refractivity contribution in [2.24, 2.45) is 5.92 Å². The van der Waals surface area contributed by atoms with E-state index in [1.807, 2.05) is 4.90 Å². The summed E-state index contributed by atoms with van der Waals surface area (Å²) >= 11 is 0. The van der Waals surface area contributed by atoms with E-state index in [2.05, 4.69) is 0 Å². The predicted molar refractivity (Wildman–Crippen MR) is 89.1 cm³/mol. The Labute approximate surface area is 142 Å². The van der Waals surface area contributed by atoms with Gasteiger partial charge in [-0.05, 0) is 31.7 Å². The molecule has 0 aliphatic carbocycles. The summed E-state index contributed by atoms with van der Waals surface area (Å²) in [6.07, 6.45) is 3.21. The third kappa shape index (κ3) is 3.78. The van der Waals surface area contributed by atoms with Gasteiger partial charge in [0, 0.05) is 37.7 Å². The number of likely N-dealkylation sites (tertiary alicyclic amines) is 1. The first-order valence-corrected chi connectivity index (χ1v) is 10.1. The minimum Gasteiger partial charge on any atom is -0.342 e. The Balaban J connectivity index is 1.59. The average Bonchev–Trinajstić information content (AvgIpc) is 3.11. The van der Waals surface area contributed by atoms with Gasteiger partial charge < -0.3 is 4.90 Å². The number of carbonyl (C=O) groups is 1. The van der Waals surface area contributed by atoms with E-state index >= 15 is 0 Å². The van der Waals surface area contributed by atoms with Gasteiger partial charge in [-0.2, -0.15) is 0 Å². The molecule has 0 bridgehead atoms. The van der Waals surface area contributed by atoms with Crippen LogP contribution in [0.1, 0.15) is 31.2 Å². The third-order valence-corrected chi connectivity index (χ3v) is 6.74. The van der Waals surface area contributed by atoms with Crippen molar-refractivity contribution in [3.8, 4) is 0 Å². The summed E-state index contributed by atoms with van der Waals surface area (Å²) in [6, 6.07) is 5.94. The lowest BCUT2D eigenvalue weighted by Gasteiger charge is -2.32. The van der Waals surface area contributed by atoms with Crippen molar-refractivity contribution in [1.82, 2.24) is 9.21 Å². The van der Waals surface area contributed by atoms with Crippen LogP contribution in [0.25, 0.3) is 0 Å². The van der Waals surface area contributed by atoms with E-state index in [-0.39, 0.29) is 23.1 Å². The van der Waals surface area contributed by atoms with Crippen molar-refractivity contribution in [2.45, 2.75) is 31.4 Å². The first-order chi connectivity index (χ1) is 11.5. The summed E-state index contributed by atoms with van der Waals surface area (Å²) < 4.78 is 40.1. The lowest BCUT2D eigenvalue weighted by molar-refractivity contribution is -0.135. The highest BCUT2D eigenvalue weighted by Gasteiger charge is 2.33. The number of hydrogen-bond donors (Lipinski definition) is 0. The lowest BCUT2D eigenvalue weighted by Crippen LogP contribution is -2.44. The zero-order valence-corrected chi connectivity index (χ0v) is 14.5. The number of hydrogen-bond acceptors (Lipinski definition) is 3. The maximum absolute atomic E-state index is 13.7. The molecule has 0 saturated carbocycles. The molecule has 0 unspecified atom stereocenters. The molecule has 1 aromatic carbocycles. The van der Waals surface area contributed by atoms with Gasteiger partial charge in [0.1, 0.15) is 5.82 Å². The van der Waals surface area contributed by atoms with Gasteiger partial charge in [0.05, 0.1) is 5.75 Å². The summed E-state index contributed by atoms with van der Waals surface area (Å²) in [5, 5.41) is 0. The number of piperidine rings is 1. The van der Waals surface area contributed by atoms with E-state index < -0.39 is 15.8 Å². The molecule has 0 aromatic heterocycles. The molecule has 2 saturated heterocycles. The first kappa shape index (κ1) is 17.4. The topological polar surface area (TPSA) is 57.7 Å². The zero-order chi connectivity index (χ0) is 17.2. The minimum absolute atomic E-state index is 0.0805. The maximum Gasteiger partial charge on any atom is 0.225 e. The van der Waals surface area contributed by atoms with Crippen molar-refractivity contribution in [3.63, 3.8) is 0 Å². The van der Waals surface area contributed by atoms with Gasteiger partial charge in [-0.1, -0.05) is 18.2 Å². The standard InChI is InChI=1S/C17H23FN2O3S/c18-16-6-2-1-5-15(16)13-24(22,23)20-11-7-14(8-12-20)17(21)19-9-3-4-10-19/h1-2,5-6,14H,3-4,7-13H2. The fourth-order valence-corrected chi connectivity index (χ4v) is 5.06. The zero-order valence-electron chi connectivity index (χ0n) is 13.7. The van der Waals surface area contributed by atoms with Crippen molar-refractivity contribution >= 4 is 15.9 Å². The normalized spacial score (nSPS) is 20.5. The quantitative estimate of drug-likeness (QED) is 0.831. The van der Waals surface area contributed by atoms with E-state index in [0.29, 0.717) is 25.9 Å². The highest BCUT2D eigenvalue weighted by molar-refractivity contribution is 7.88. The first-order valence-electron chi connectivity index (χ1n) is 8.47. The van der Waals surface area contributed by atoms with Gasteiger partial charge in [0.25, 0.3) is 0 Å². The largest absolute Gasteiger partial charge is 0.342 e. The molecule has 24 heavy (non-hydrogen) atoms. The van der Waals surface area contributed by atoms with Crippen LogP contribution in [0.4, 0.5) is 4.39 Å². The summed E-state index contributed by atoms with van der Waals surface area (Å²) in [4.78, 5) is 14.3. The van der Waals surface area contributed by atoms with E-state index in [1.54, 1.807) is 12.1 Å². The highest BCUT2D eigenvalue weighted by Crippen LogP contribution is 2.25. The van der Waals surface area contributed by atoms with E-state index in [0.717, 1.165) is 25.9 Å². The molecular weight excluding hydrogens is 331 g/mol. The maximum atomic E-state index is 13.7. The van der Waals surface area contributed by atoms with Gasteiger partial charge >= 0.3 is 0 Å². The van der Waals surface area contributed by atoms with Crippen molar-refractivity contribution in [2.75, 3.05) is 26.2 Å². The Bertz CT molecular complexity index is 694. The van der Waals surface area contributed by atoms with Crippen LogP contribution in [0.2, 0.25) is 0 Å². The van der Waals surface area contributed by atoms with Gasteiger partial charge in [-0.25, -0.2) is 17.1 Å². The summed E-state index contributed by atoms with van der Waals surface area (Å²) in [5.74, 6) is -0.744. The molecule has 1 amide bonds. The molecule has 2 aliphatic heterocycles. The van der Waals surface area contributed by atoms with Crippen LogP contribution in [0.5, 0.6) is 0 Å². The van der Waals surface area contributed by atoms with E-state index in [9.17, 15) is 17.6 Å². The second-order valence-corrected chi connectivity index (χ2v) is 8.52. The summed E-state index contributed by atoms with van der Waals surface area (Å²) in [6.45, 7) is 2.32. The molecule has 5 nitrogen and oxygen atoms in total. The molecule has 2 heterocycles. The summed E-state index contributed by atoms with van der Waals surface area (Å²) in [7, 11) is -3.56. The monoisotopic (exact) mass is 354 g/mol. The van der Waals surface area contributed by atoms with E-state index in [1.165, 1.54) is 16.4 Å². The molecular formula is C17H23FN2O3S. The predicted octanol–water partition coefficient (Wildman–Crippen LogP) is 1.99. The number of halogens is 1. The van der Waals surface area contributed by atoms with Gasteiger partial charge in [0.2, 0.25) is 15.9 Å². The van der Waals surface area contributed by atoms with E-state index in [4.69, 9.17) is 0 Å². The number of amides is 1. The number of rotatable bonds is 4. The smallest absolute Gasteiger partial charge is 0.225 e. The molecule has 132 valence electrons. The van der Waals surface area contributed by atoms with Gasteiger partial charge in [-0.15, -0.1) is 0 Å². The molecule has 0 N–H and O–H groups in total.